The second kappa shape index (κ2) is 14.5. The first-order valence-corrected chi connectivity index (χ1v) is 13.0. The van der Waals surface area contributed by atoms with Crippen molar-refractivity contribution in [1.29, 1.82) is 0 Å². The Morgan fingerprint density at radius 3 is 2.05 bits per heavy atom. The van der Waals surface area contributed by atoms with Crippen LogP contribution in [0.5, 0.6) is 11.5 Å². The fraction of sp³-hybridized carbons (Fsp3) is 0.290. The molecule has 210 valence electrons. The Morgan fingerprint density at radius 2 is 1.43 bits per heavy atom. The molecule has 0 aliphatic heterocycles. The van der Waals surface area contributed by atoms with E-state index in [0.29, 0.717) is 28.6 Å². The van der Waals surface area contributed by atoms with E-state index in [9.17, 15) is 19.2 Å². The highest BCUT2D eigenvalue weighted by Gasteiger charge is 2.12. The molecule has 9 nitrogen and oxygen atoms in total. The van der Waals surface area contributed by atoms with E-state index in [1.165, 1.54) is 31.4 Å². The summed E-state index contributed by atoms with van der Waals surface area (Å²) in [5.41, 5.74) is 3.64. The van der Waals surface area contributed by atoms with Crippen LogP contribution >= 0.6 is 0 Å². The summed E-state index contributed by atoms with van der Waals surface area (Å²) in [6, 6.07) is 19.3. The van der Waals surface area contributed by atoms with Gasteiger partial charge in [-0.3, -0.25) is 14.4 Å². The van der Waals surface area contributed by atoms with Crippen molar-refractivity contribution >= 4 is 35.1 Å². The number of anilines is 2. The third-order valence-electron chi connectivity index (χ3n) is 5.90. The average Bonchev–Trinajstić information content (AvgIpc) is 2.93. The Hall–Kier alpha value is -4.66. The van der Waals surface area contributed by atoms with Crippen LogP contribution in [0.15, 0.2) is 66.7 Å². The Morgan fingerprint density at radius 1 is 0.800 bits per heavy atom. The third kappa shape index (κ3) is 9.27. The van der Waals surface area contributed by atoms with Crippen LogP contribution in [-0.4, -0.2) is 37.5 Å². The summed E-state index contributed by atoms with van der Waals surface area (Å²) in [5, 5.41) is 5.37. The second-order valence-electron chi connectivity index (χ2n) is 9.50. The van der Waals surface area contributed by atoms with Crippen LogP contribution in [0.4, 0.5) is 11.4 Å². The van der Waals surface area contributed by atoms with E-state index in [2.05, 4.69) is 41.4 Å². The fourth-order valence-electron chi connectivity index (χ4n) is 3.78. The lowest BCUT2D eigenvalue weighted by molar-refractivity contribution is -0.147. The maximum Gasteiger partial charge on any atom is 0.337 e. The lowest BCUT2D eigenvalue weighted by Gasteiger charge is -2.15. The van der Waals surface area contributed by atoms with E-state index in [1.807, 2.05) is 13.0 Å². The van der Waals surface area contributed by atoms with Gasteiger partial charge < -0.3 is 24.8 Å². The predicted molar refractivity (Wildman–Crippen MR) is 152 cm³/mol. The van der Waals surface area contributed by atoms with Crippen LogP contribution in [0.2, 0.25) is 0 Å². The maximum atomic E-state index is 12.3. The third-order valence-corrected chi connectivity index (χ3v) is 5.90. The van der Waals surface area contributed by atoms with Crippen LogP contribution in [0.1, 0.15) is 60.5 Å². The van der Waals surface area contributed by atoms with E-state index < -0.39 is 24.5 Å². The lowest BCUT2D eigenvalue weighted by Crippen LogP contribution is -2.21. The van der Waals surface area contributed by atoms with Crippen LogP contribution in [-0.2, 0) is 23.9 Å². The first-order chi connectivity index (χ1) is 19.1. The van der Waals surface area contributed by atoms with Gasteiger partial charge in [0.1, 0.15) is 11.5 Å². The monoisotopic (exact) mass is 546 g/mol. The number of nitrogens with one attached hydrogen (secondary N) is 2. The number of aryl methyl sites for hydroxylation is 1. The van der Waals surface area contributed by atoms with Crippen molar-refractivity contribution < 1.29 is 33.4 Å². The first-order valence-electron chi connectivity index (χ1n) is 13.0. The molecule has 2 N–H and O–H groups in total. The predicted octanol–water partition coefficient (Wildman–Crippen LogP) is 5.99. The fourth-order valence-corrected chi connectivity index (χ4v) is 3.78. The number of hydrogen-bond acceptors (Lipinski definition) is 7. The summed E-state index contributed by atoms with van der Waals surface area (Å²) < 4.78 is 15.7. The van der Waals surface area contributed by atoms with Crippen molar-refractivity contribution in [2.45, 2.75) is 46.0 Å². The van der Waals surface area contributed by atoms with Gasteiger partial charge in [-0.15, -0.1) is 0 Å². The van der Waals surface area contributed by atoms with E-state index in [-0.39, 0.29) is 25.2 Å². The molecule has 0 radical (unpaired) electrons. The van der Waals surface area contributed by atoms with Gasteiger partial charge in [-0.1, -0.05) is 26.0 Å². The Bertz CT molecular complexity index is 1330. The summed E-state index contributed by atoms with van der Waals surface area (Å²) in [4.78, 5) is 47.7. The van der Waals surface area contributed by atoms with Crippen molar-refractivity contribution in [2.24, 2.45) is 0 Å². The molecule has 0 unspecified atom stereocenters. The molecule has 2 amide bonds. The zero-order chi connectivity index (χ0) is 29.1. The lowest BCUT2D eigenvalue weighted by atomic mass is 10.0. The van der Waals surface area contributed by atoms with E-state index in [4.69, 9.17) is 9.47 Å². The molecule has 0 saturated carbocycles. The zero-order valence-electron chi connectivity index (χ0n) is 23.1. The van der Waals surface area contributed by atoms with Gasteiger partial charge in [-0.05, 0) is 85.0 Å². The van der Waals surface area contributed by atoms with Gasteiger partial charge in [0, 0.05) is 24.2 Å². The van der Waals surface area contributed by atoms with E-state index >= 15 is 0 Å². The Balaban J connectivity index is 1.36. The molecule has 0 heterocycles. The van der Waals surface area contributed by atoms with Gasteiger partial charge in [0.05, 0.1) is 12.7 Å². The number of esters is 2. The highest BCUT2D eigenvalue weighted by molar-refractivity contribution is 5.94. The number of carbonyl (C=O) groups is 4. The molecule has 0 atom stereocenters. The van der Waals surface area contributed by atoms with Crippen molar-refractivity contribution in [1.82, 2.24) is 0 Å². The van der Waals surface area contributed by atoms with Gasteiger partial charge in [0.2, 0.25) is 5.91 Å². The first kappa shape index (κ1) is 29.9. The molecule has 0 aliphatic carbocycles. The van der Waals surface area contributed by atoms with Crippen LogP contribution in [0.3, 0.4) is 0 Å². The van der Waals surface area contributed by atoms with Gasteiger partial charge in [0.15, 0.2) is 6.61 Å². The molecule has 3 rings (SSSR count). The minimum atomic E-state index is -0.581. The van der Waals surface area contributed by atoms with Crippen molar-refractivity contribution in [2.75, 3.05) is 24.4 Å². The minimum Gasteiger partial charge on any atom is -0.465 e. The highest BCUT2D eigenvalue weighted by Crippen LogP contribution is 2.32. The summed E-state index contributed by atoms with van der Waals surface area (Å²) in [7, 11) is 1.28. The van der Waals surface area contributed by atoms with Gasteiger partial charge in [-0.2, -0.15) is 0 Å². The number of carbonyl (C=O) groups excluding carboxylic acids is 4. The maximum absolute atomic E-state index is 12.3. The number of hydrogen-bond donors (Lipinski definition) is 2. The van der Waals surface area contributed by atoms with Gasteiger partial charge in [-0.25, -0.2) is 4.79 Å². The highest BCUT2D eigenvalue weighted by atomic mass is 16.5. The molecule has 9 heteroatoms. The van der Waals surface area contributed by atoms with Crippen molar-refractivity contribution in [3.63, 3.8) is 0 Å². The average molecular weight is 547 g/mol. The standard InChI is InChI=1S/C31H34N2O7/c1-20(2)26-17-8-21(3)18-27(26)40-25-15-13-24(14-16-25)32-28(34)6-5-7-30(36)39-19-29(35)33-23-11-9-22(10-12-23)31(37)38-4/h8-18,20H,5-7,19H2,1-4H3,(H,32,34)(H,33,35). The Kier molecular flexibility index (Phi) is 10.8. The molecule has 40 heavy (non-hydrogen) atoms. The molecule has 0 aliphatic rings. The molecule has 3 aromatic rings. The van der Waals surface area contributed by atoms with E-state index in [0.717, 1.165) is 16.9 Å². The second-order valence-corrected chi connectivity index (χ2v) is 9.50. The van der Waals surface area contributed by atoms with Crippen LogP contribution < -0.4 is 15.4 Å². The smallest absolute Gasteiger partial charge is 0.337 e. The molecule has 0 bridgehead atoms. The number of methoxy groups -OCH3 is 1. The molecule has 0 saturated heterocycles. The largest absolute Gasteiger partial charge is 0.465 e. The van der Waals surface area contributed by atoms with Crippen LogP contribution in [0.25, 0.3) is 0 Å². The molecular formula is C31H34N2O7. The zero-order valence-corrected chi connectivity index (χ0v) is 23.1. The summed E-state index contributed by atoms with van der Waals surface area (Å²) in [6.07, 6.45) is 0.386. The molecule has 0 aromatic heterocycles. The SMILES string of the molecule is COC(=O)c1ccc(NC(=O)COC(=O)CCCC(=O)Nc2ccc(Oc3cc(C)ccc3C(C)C)cc2)cc1. The van der Waals surface area contributed by atoms with Crippen LogP contribution in [0, 0.1) is 6.92 Å². The van der Waals surface area contributed by atoms with Crippen molar-refractivity contribution in [3.05, 3.63) is 83.4 Å². The summed E-state index contributed by atoms with van der Waals surface area (Å²) in [5.74, 6) is -0.0323. The number of ether oxygens (including phenoxy) is 3. The molecule has 0 fully saturated rings. The molecular weight excluding hydrogens is 512 g/mol. The number of rotatable bonds is 12. The number of amides is 2. The quantitative estimate of drug-likeness (QED) is 0.268. The topological polar surface area (TPSA) is 120 Å². The minimum absolute atomic E-state index is 0.00399. The van der Waals surface area contributed by atoms with Gasteiger partial charge >= 0.3 is 11.9 Å². The van der Waals surface area contributed by atoms with E-state index in [1.54, 1.807) is 24.3 Å². The van der Waals surface area contributed by atoms with Crippen molar-refractivity contribution in [3.8, 4) is 11.5 Å². The number of benzene rings is 3. The van der Waals surface area contributed by atoms with Gasteiger partial charge in [0.25, 0.3) is 5.91 Å². The summed E-state index contributed by atoms with van der Waals surface area (Å²) in [6.45, 7) is 5.79. The Labute approximate surface area is 233 Å². The summed E-state index contributed by atoms with van der Waals surface area (Å²) >= 11 is 0. The molecule has 0 spiro atoms. The normalized spacial score (nSPS) is 10.5. The molecule has 3 aromatic carbocycles.